The molecule has 7 heteroatoms. The smallest absolute Gasteiger partial charge is 0.337 e. The molecule has 0 aliphatic rings. The minimum atomic E-state index is -4.27. The fourth-order valence-corrected chi connectivity index (χ4v) is 1.59. The van der Waals surface area contributed by atoms with Crippen LogP contribution in [0.1, 0.15) is 19.4 Å². The number of hydrogen-bond donors (Lipinski definition) is 0. The van der Waals surface area contributed by atoms with Gasteiger partial charge in [0.25, 0.3) is 0 Å². The molecule has 0 spiro atoms. The van der Waals surface area contributed by atoms with E-state index in [9.17, 15) is 17.8 Å². The number of benzene rings is 1. The van der Waals surface area contributed by atoms with Crippen molar-refractivity contribution in [3.8, 4) is 0 Å². The maximum atomic E-state index is 11.1. The van der Waals surface area contributed by atoms with Crippen molar-refractivity contribution in [1.29, 1.82) is 0 Å². The third kappa shape index (κ3) is 8.49. The van der Waals surface area contributed by atoms with Crippen LogP contribution in [0.25, 0.3) is 0 Å². The number of rotatable bonds is 4. The first kappa shape index (κ1) is 21.3. The molecule has 0 N–H and O–H groups in total. The van der Waals surface area contributed by atoms with Crippen LogP contribution in [0.3, 0.4) is 0 Å². The Morgan fingerprint density at radius 2 is 1.65 bits per heavy atom. The van der Waals surface area contributed by atoms with Crippen LogP contribution in [0.15, 0.2) is 41.3 Å². The number of quaternary nitrogens is 1. The van der Waals surface area contributed by atoms with E-state index in [2.05, 4.69) is 6.58 Å². The minimum absolute atomic E-state index is 0.144. The monoisotopic (exact) mass is 343 g/mol. The van der Waals surface area contributed by atoms with Gasteiger partial charge in [-0.2, -0.15) is 0 Å². The Bertz CT molecular complexity index is 642. The summed E-state index contributed by atoms with van der Waals surface area (Å²) in [6.07, 6.45) is -0.144. The van der Waals surface area contributed by atoms with E-state index >= 15 is 0 Å². The Hall–Kier alpha value is -1.70. The predicted molar refractivity (Wildman–Crippen MR) is 87.5 cm³/mol. The molecular formula is C16H25NO5S. The van der Waals surface area contributed by atoms with Crippen molar-refractivity contribution in [3.05, 3.63) is 42.0 Å². The lowest BCUT2D eigenvalue weighted by molar-refractivity contribution is -0.914. The summed E-state index contributed by atoms with van der Waals surface area (Å²) >= 11 is 0. The third-order valence-electron chi connectivity index (χ3n) is 3.03. The van der Waals surface area contributed by atoms with Gasteiger partial charge in [0.2, 0.25) is 6.23 Å². The van der Waals surface area contributed by atoms with Crippen LogP contribution in [0.2, 0.25) is 0 Å². The third-order valence-corrected chi connectivity index (χ3v) is 3.88. The van der Waals surface area contributed by atoms with Gasteiger partial charge in [-0.3, -0.25) is 4.48 Å². The molecular weight excluding hydrogens is 318 g/mol. The molecule has 1 atom stereocenters. The summed E-state index contributed by atoms with van der Waals surface area (Å²) in [4.78, 5) is 10.9. The molecule has 0 fully saturated rings. The summed E-state index contributed by atoms with van der Waals surface area (Å²) in [6.45, 7) is 8.83. The molecule has 0 bridgehead atoms. The van der Waals surface area contributed by atoms with Crippen LogP contribution in [-0.4, -0.2) is 50.8 Å². The Morgan fingerprint density at radius 3 is 1.96 bits per heavy atom. The van der Waals surface area contributed by atoms with Gasteiger partial charge in [0.05, 0.1) is 26.0 Å². The van der Waals surface area contributed by atoms with Crippen molar-refractivity contribution >= 4 is 16.1 Å². The number of hydrogen-bond acceptors (Lipinski definition) is 5. The average molecular weight is 343 g/mol. The molecule has 1 aromatic rings. The van der Waals surface area contributed by atoms with Gasteiger partial charge in [-0.25, -0.2) is 13.2 Å². The predicted octanol–water partition coefficient (Wildman–Crippen LogP) is 2.06. The van der Waals surface area contributed by atoms with E-state index < -0.39 is 10.1 Å². The highest BCUT2D eigenvalue weighted by molar-refractivity contribution is 7.85. The first-order chi connectivity index (χ1) is 10.2. The maximum absolute atomic E-state index is 11.1. The molecule has 0 saturated heterocycles. The SMILES string of the molecule is C=C(C)C(=O)OC(C)[N+](C)(C)C.Cc1ccc(S(=O)(=O)[O-])cc1. The van der Waals surface area contributed by atoms with Gasteiger partial charge in [-0.05, 0) is 26.0 Å². The molecule has 130 valence electrons. The van der Waals surface area contributed by atoms with Crippen molar-refractivity contribution in [2.45, 2.75) is 31.9 Å². The van der Waals surface area contributed by atoms with Gasteiger partial charge in [0, 0.05) is 12.5 Å². The molecule has 0 saturated carbocycles. The fraction of sp³-hybridized carbons (Fsp3) is 0.438. The lowest BCUT2D eigenvalue weighted by Crippen LogP contribution is -2.45. The number of carbonyl (C=O) groups is 1. The van der Waals surface area contributed by atoms with E-state index in [0.29, 0.717) is 10.1 Å². The van der Waals surface area contributed by atoms with E-state index in [-0.39, 0.29) is 17.1 Å². The molecule has 1 rings (SSSR count). The molecule has 0 aliphatic heterocycles. The molecule has 0 amide bonds. The Kier molecular flexibility index (Phi) is 7.63. The highest BCUT2D eigenvalue weighted by Gasteiger charge is 2.22. The Labute approximate surface area is 138 Å². The van der Waals surface area contributed by atoms with Crippen molar-refractivity contribution in [2.24, 2.45) is 0 Å². The lowest BCUT2D eigenvalue weighted by atomic mass is 10.2. The van der Waals surface area contributed by atoms with Crippen molar-refractivity contribution < 1.29 is 27.0 Å². The zero-order valence-corrected chi connectivity index (χ0v) is 15.3. The van der Waals surface area contributed by atoms with E-state index in [1.165, 1.54) is 12.1 Å². The zero-order chi connectivity index (χ0) is 18.4. The lowest BCUT2D eigenvalue weighted by Gasteiger charge is -2.30. The standard InChI is InChI=1S/C9H18NO2.C7H8O3S/c1-7(2)9(11)12-8(3)10(4,5)6;1-6-2-4-7(5-3-6)11(8,9)10/h8H,1H2,2-6H3;2-5H,1H3,(H,8,9,10)/q+1;/p-1. The van der Waals surface area contributed by atoms with Crippen molar-refractivity contribution in [2.75, 3.05) is 21.1 Å². The van der Waals surface area contributed by atoms with E-state index in [1.807, 2.05) is 35.0 Å². The van der Waals surface area contributed by atoms with Gasteiger partial charge >= 0.3 is 5.97 Å². The molecule has 0 heterocycles. The molecule has 0 radical (unpaired) electrons. The van der Waals surface area contributed by atoms with Gasteiger partial charge in [-0.1, -0.05) is 24.3 Å². The minimum Gasteiger partial charge on any atom is -0.744 e. The molecule has 0 aromatic heterocycles. The Balaban J connectivity index is 0.000000422. The highest BCUT2D eigenvalue weighted by Crippen LogP contribution is 2.08. The van der Waals surface area contributed by atoms with Crippen molar-refractivity contribution in [3.63, 3.8) is 0 Å². The normalized spacial score (nSPS) is 12.7. The maximum Gasteiger partial charge on any atom is 0.337 e. The Morgan fingerprint density at radius 1 is 1.22 bits per heavy atom. The number of carbonyl (C=O) groups excluding carboxylic acids is 1. The molecule has 1 aromatic carbocycles. The summed E-state index contributed by atoms with van der Waals surface area (Å²) in [5, 5.41) is 0. The van der Waals surface area contributed by atoms with Crippen LogP contribution in [0.5, 0.6) is 0 Å². The number of nitrogens with zero attached hydrogens (tertiary/aromatic N) is 1. The highest BCUT2D eigenvalue weighted by atomic mass is 32.2. The fourth-order valence-electron chi connectivity index (χ4n) is 1.12. The first-order valence-corrected chi connectivity index (χ1v) is 8.36. The largest absolute Gasteiger partial charge is 0.744 e. The zero-order valence-electron chi connectivity index (χ0n) is 14.5. The van der Waals surface area contributed by atoms with Crippen LogP contribution in [0.4, 0.5) is 0 Å². The summed E-state index contributed by atoms with van der Waals surface area (Å²) < 4.78 is 36.9. The van der Waals surface area contributed by atoms with Crippen LogP contribution in [-0.2, 0) is 19.6 Å². The molecule has 6 nitrogen and oxygen atoms in total. The summed E-state index contributed by atoms with van der Waals surface area (Å²) in [5.41, 5.74) is 1.37. The quantitative estimate of drug-likeness (QED) is 0.275. The molecule has 1 unspecified atom stereocenters. The van der Waals surface area contributed by atoms with Gasteiger partial charge < -0.3 is 9.29 Å². The molecule has 23 heavy (non-hydrogen) atoms. The van der Waals surface area contributed by atoms with Gasteiger partial charge in [-0.15, -0.1) is 0 Å². The topological polar surface area (TPSA) is 83.5 Å². The van der Waals surface area contributed by atoms with E-state index in [4.69, 9.17) is 4.74 Å². The number of aryl methyl sites for hydroxylation is 1. The van der Waals surface area contributed by atoms with Crippen LogP contribution >= 0.6 is 0 Å². The number of esters is 1. The second-order valence-corrected chi connectivity index (χ2v) is 7.55. The summed E-state index contributed by atoms with van der Waals surface area (Å²) in [5.74, 6) is -0.324. The van der Waals surface area contributed by atoms with E-state index in [1.54, 1.807) is 19.1 Å². The van der Waals surface area contributed by atoms with E-state index in [0.717, 1.165) is 5.56 Å². The second kappa shape index (κ2) is 8.24. The summed E-state index contributed by atoms with van der Waals surface area (Å²) in [6, 6.07) is 5.78. The van der Waals surface area contributed by atoms with Gasteiger partial charge in [0.15, 0.2) is 0 Å². The summed E-state index contributed by atoms with van der Waals surface area (Å²) in [7, 11) is 1.64. The van der Waals surface area contributed by atoms with Gasteiger partial charge in [0.1, 0.15) is 10.1 Å². The van der Waals surface area contributed by atoms with Crippen molar-refractivity contribution in [1.82, 2.24) is 0 Å². The van der Waals surface area contributed by atoms with Crippen LogP contribution in [0, 0.1) is 6.92 Å². The first-order valence-electron chi connectivity index (χ1n) is 6.95. The molecule has 0 aliphatic carbocycles. The van der Waals surface area contributed by atoms with Crippen LogP contribution < -0.4 is 0 Å². The number of ether oxygens (including phenoxy) is 1. The second-order valence-electron chi connectivity index (χ2n) is 6.17. The average Bonchev–Trinajstić information content (AvgIpc) is 2.37.